The van der Waals surface area contributed by atoms with Gasteiger partial charge in [0.25, 0.3) is 6.33 Å². The summed E-state index contributed by atoms with van der Waals surface area (Å²) in [6.07, 6.45) is 5.73. The molecule has 7 aromatic carbocycles. The Morgan fingerprint density at radius 2 is 1.23 bits per heavy atom. The summed E-state index contributed by atoms with van der Waals surface area (Å²) in [7, 11) is 0. The van der Waals surface area contributed by atoms with Crippen LogP contribution >= 0.6 is 0 Å². The van der Waals surface area contributed by atoms with Crippen molar-refractivity contribution in [3.05, 3.63) is 200 Å². The van der Waals surface area contributed by atoms with Gasteiger partial charge in [-0.1, -0.05) is 135 Å². The number of benzene rings is 7. The lowest BCUT2D eigenvalue weighted by Gasteiger charge is -2.17. The average Bonchev–Trinajstić information content (AvgIpc) is 3.81. The molecule has 0 saturated carbocycles. The van der Waals surface area contributed by atoms with E-state index < -0.39 is 0 Å². The number of ether oxygens (including phenoxy) is 1. The van der Waals surface area contributed by atoms with Crippen LogP contribution in [-0.2, 0) is 0 Å². The molecule has 0 amide bonds. The second-order valence-electron chi connectivity index (χ2n) is 14.9. The number of aromatic nitrogens is 4. The molecule has 0 aliphatic carbocycles. The quantitative estimate of drug-likeness (QED) is 0.115. The van der Waals surface area contributed by atoms with Crippen molar-refractivity contribution in [2.24, 2.45) is 0 Å². The maximum Gasteiger partial charge on any atom is 0.269 e. The van der Waals surface area contributed by atoms with Crippen molar-refractivity contribution in [3.8, 4) is 50.9 Å². The lowest BCUT2D eigenvalue weighted by molar-refractivity contribution is -0.571. The van der Waals surface area contributed by atoms with E-state index in [-0.39, 0.29) is 0 Å². The number of fused-ring (bicyclic) bond motifs is 4. The maximum atomic E-state index is 6.71. The molecule has 0 atom stereocenters. The Balaban J connectivity index is 1.10. The number of hydrogen-bond donors (Lipinski definition) is 0. The van der Waals surface area contributed by atoms with Crippen LogP contribution in [-0.4, -0.2) is 14.1 Å². The zero-order valence-corrected chi connectivity index (χ0v) is 32.1. The summed E-state index contributed by atoms with van der Waals surface area (Å²) in [5.41, 5.74) is 13.3. The highest BCUT2D eigenvalue weighted by molar-refractivity contribution is 6.09. The first-order chi connectivity index (χ1) is 28.0. The van der Waals surface area contributed by atoms with Crippen LogP contribution in [0.25, 0.3) is 72.3 Å². The summed E-state index contributed by atoms with van der Waals surface area (Å²) >= 11 is 0. The maximum absolute atomic E-state index is 6.71. The molecular formula is C52H40N4O. The van der Waals surface area contributed by atoms with Crippen LogP contribution < -0.4 is 9.30 Å². The molecule has 274 valence electrons. The Kier molecular flexibility index (Phi) is 8.49. The van der Waals surface area contributed by atoms with Crippen LogP contribution in [0.4, 0.5) is 0 Å². The van der Waals surface area contributed by atoms with E-state index in [2.05, 4.69) is 211 Å². The van der Waals surface area contributed by atoms with Crippen molar-refractivity contribution in [2.45, 2.75) is 26.7 Å². The predicted octanol–water partition coefficient (Wildman–Crippen LogP) is 12.8. The number of nitrogens with zero attached hydrogens (tertiary/aromatic N) is 4. The van der Waals surface area contributed by atoms with E-state index in [9.17, 15) is 0 Å². The van der Waals surface area contributed by atoms with Gasteiger partial charge in [-0.2, -0.15) is 0 Å². The van der Waals surface area contributed by atoms with E-state index in [1.807, 2.05) is 12.3 Å². The molecule has 10 aromatic rings. The van der Waals surface area contributed by atoms with Gasteiger partial charge >= 0.3 is 0 Å². The minimum atomic E-state index is 0.392. The van der Waals surface area contributed by atoms with Gasteiger partial charge in [0.1, 0.15) is 17.3 Å². The number of pyridine rings is 1. The second-order valence-corrected chi connectivity index (χ2v) is 14.9. The van der Waals surface area contributed by atoms with Crippen LogP contribution in [0.15, 0.2) is 182 Å². The molecule has 0 N–H and O–H groups in total. The average molecular weight is 737 g/mol. The van der Waals surface area contributed by atoms with Crippen LogP contribution in [0, 0.1) is 13.3 Å². The molecule has 0 unspecified atom stereocenters. The smallest absolute Gasteiger partial charge is 0.269 e. The molecule has 0 saturated heterocycles. The Bertz CT molecular complexity index is 3030. The molecule has 3 aromatic heterocycles. The van der Waals surface area contributed by atoms with Gasteiger partial charge < -0.3 is 4.74 Å². The van der Waals surface area contributed by atoms with E-state index in [1.54, 1.807) is 0 Å². The molecule has 3 heterocycles. The van der Waals surface area contributed by atoms with Crippen molar-refractivity contribution in [3.63, 3.8) is 0 Å². The van der Waals surface area contributed by atoms with Crippen LogP contribution in [0.3, 0.4) is 0 Å². The normalized spacial score (nSPS) is 11.6. The highest BCUT2D eigenvalue weighted by Crippen LogP contribution is 2.37. The molecule has 10 rings (SSSR count). The van der Waals surface area contributed by atoms with E-state index in [4.69, 9.17) is 9.72 Å². The molecule has 5 nitrogen and oxygen atoms in total. The van der Waals surface area contributed by atoms with Crippen molar-refractivity contribution < 1.29 is 9.30 Å². The van der Waals surface area contributed by atoms with Crippen molar-refractivity contribution in [1.82, 2.24) is 14.1 Å². The minimum absolute atomic E-state index is 0.392. The number of imidazole rings is 1. The first-order valence-electron chi connectivity index (χ1n) is 19.5. The molecular weight excluding hydrogens is 697 g/mol. The van der Waals surface area contributed by atoms with Gasteiger partial charge in [0, 0.05) is 23.0 Å². The van der Waals surface area contributed by atoms with Gasteiger partial charge in [0.15, 0.2) is 0 Å². The second kappa shape index (κ2) is 14.1. The summed E-state index contributed by atoms with van der Waals surface area (Å²) in [5, 5.41) is 2.34. The van der Waals surface area contributed by atoms with E-state index >= 15 is 0 Å². The van der Waals surface area contributed by atoms with Gasteiger partial charge in [-0.25, -0.2) is 4.98 Å². The summed E-state index contributed by atoms with van der Waals surface area (Å²) < 4.78 is 13.4. The van der Waals surface area contributed by atoms with Gasteiger partial charge in [-0.15, -0.1) is 0 Å². The Morgan fingerprint density at radius 3 is 1.98 bits per heavy atom. The highest BCUT2D eigenvalue weighted by atomic mass is 16.5. The number of aryl methyl sites for hydroxylation is 1. The van der Waals surface area contributed by atoms with Crippen LogP contribution in [0.2, 0.25) is 0 Å². The lowest BCUT2D eigenvalue weighted by Crippen LogP contribution is -2.32. The van der Waals surface area contributed by atoms with E-state index in [1.165, 1.54) is 10.9 Å². The summed E-state index contributed by atoms with van der Waals surface area (Å²) in [6, 6.07) is 61.7. The van der Waals surface area contributed by atoms with E-state index in [0.29, 0.717) is 5.92 Å². The lowest BCUT2D eigenvalue weighted by atomic mass is 9.95. The van der Waals surface area contributed by atoms with Crippen LogP contribution in [0.5, 0.6) is 11.5 Å². The van der Waals surface area contributed by atoms with Crippen LogP contribution in [0.1, 0.15) is 30.9 Å². The van der Waals surface area contributed by atoms with E-state index in [0.717, 1.165) is 84.0 Å². The summed E-state index contributed by atoms with van der Waals surface area (Å²) in [6.45, 7) is 6.60. The molecule has 57 heavy (non-hydrogen) atoms. The van der Waals surface area contributed by atoms with Crippen molar-refractivity contribution in [1.29, 1.82) is 0 Å². The molecule has 0 aliphatic heterocycles. The Morgan fingerprint density at radius 1 is 0.579 bits per heavy atom. The topological polar surface area (TPSA) is 35.9 Å². The Hall–Kier alpha value is -7.24. The Labute approximate surface area is 332 Å². The predicted molar refractivity (Wildman–Crippen MR) is 232 cm³/mol. The van der Waals surface area contributed by atoms with Gasteiger partial charge in [-0.3, -0.25) is 13.7 Å². The zero-order chi connectivity index (χ0) is 38.5. The largest absolute Gasteiger partial charge is 0.458 e. The molecule has 0 bridgehead atoms. The third-order valence-corrected chi connectivity index (χ3v) is 10.9. The standard InChI is InChI=1S/C52H40N4O/c1-35(2)39-29-30-53-50(31-39)56-47-25-11-10-22-45(47)46-28-27-42(33-49(46)56)57-41-21-13-20-40(32-41)54-34-55(51-36(3)15-12-26-48(51)54)52-43(37-16-6-4-7-17-37)23-14-24-44(52)38-18-8-5-9-19-38/h4-33,35H,1-3H3. The third-order valence-electron chi connectivity index (χ3n) is 10.9. The van der Waals surface area contributed by atoms with Crippen molar-refractivity contribution in [2.75, 3.05) is 0 Å². The number of para-hydroxylation sites is 3. The first-order valence-corrected chi connectivity index (χ1v) is 19.5. The zero-order valence-electron chi connectivity index (χ0n) is 32.1. The van der Waals surface area contributed by atoms with Crippen molar-refractivity contribution >= 4 is 32.8 Å². The fourth-order valence-electron chi connectivity index (χ4n) is 8.16. The third kappa shape index (κ3) is 6.05. The number of hydrogen-bond acceptors (Lipinski definition) is 2. The SMILES string of the molecule is Cc1cccc2c1[n+](-c1c(-c3ccccc3)cccc1-c1ccccc1)[c-]n2-c1cccc(Oc2ccc3c4ccccc4n(-c4cc(C(C)C)ccn4)c3c2)c1. The van der Waals surface area contributed by atoms with Gasteiger partial charge in [0.05, 0.1) is 33.4 Å². The van der Waals surface area contributed by atoms with Gasteiger partial charge in [0.2, 0.25) is 0 Å². The molecule has 0 fully saturated rings. The summed E-state index contributed by atoms with van der Waals surface area (Å²) in [5.74, 6) is 2.77. The fraction of sp³-hybridized carbons (Fsp3) is 0.0769. The minimum Gasteiger partial charge on any atom is -0.458 e. The fourth-order valence-corrected chi connectivity index (χ4v) is 8.16. The molecule has 0 radical (unpaired) electrons. The summed E-state index contributed by atoms with van der Waals surface area (Å²) in [4.78, 5) is 4.84. The number of rotatable bonds is 8. The molecule has 5 heteroatoms. The molecule has 0 aliphatic rings. The van der Waals surface area contributed by atoms with Gasteiger partial charge in [-0.05, 0) is 94.8 Å². The first kappa shape index (κ1) is 34.3. The highest BCUT2D eigenvalue weighted by Gasteiger charge is 2.21. The monoisotopic (exact) mass is 736 g/mol. The molecule has 0 spiro atoms.